The van der Waals surface area contributed by atoms with Crippen LogP contribution in [0.25, 0.3) is 78.7 Å². The number of hydrogen-bond donors (Lipinski definition) is 0. The Bertz CT molecular complexity index is 2790. The fraction of sp³-hybridized carbons (Fsp3) is 0.0192. The average molecular weight is 700 g/mol. The molecule has 2 aliphatic carbocycles. The van der Waals surface area contributed by atoms with E-state index in [0.717, 1.165) is 27.8 Å². The summed E-state index contributed by atoms with van der Waals surface area (Å²) in [6.45, 7) is 0. The Morgan fingerprint density at radius 2 is 0.600 bits per heavy atom. The van der Waals surface area contributed by atoms with Crippen LogP contribution in [0.3, 0.4) is 0 Å². The molecule has 3 nitrogen and oxygen atoms in total. The average Bonchev–Trinajstić information content (AvgIpc) is 3.74. The van der Waals surface area contributed by atoms with Crippen molar-refractivity contribution in [3.05, 3.63) is 222 Å². The highest BCUT2D eigenvalue weighted by Gasteiger charge is 2.51. The van der Waals surface area contributed by atoms with Gasteiger partial charge in [0.25, 0.3) is 0 Å². The number of hydrogen-bond acceptors (Lipinski definition) is 3. The lowest BCUT2D eigenvalue weighted by Crippen LogP contribution is -2.25. The first kappa shape index (κ1) is 31.3. The minimum absolute atomic E-state index is 0.356. The molecule has 0 saturated carbocycles. The van der Waals surface area contributed by atoms with E-state index < -0.39 is 0 Å². The molecule has 0 amide bonds. The molecule has 256 valence electrons. The second kappa shape index (κ2) is 12.4. The fourth-order valence-corrected chi connectivity index (χ4v) is 8.91. The van der Waals surface area contributed by atoms with Crippen molar-refractivity contribution in [1.29, 1.82) is 0 Å². The predicted molar refractivity (Wildman–Crippen MR) is 223 cm³/mol. The van der Waals surface area contributed by atoms with Gasteiger partial charge in [-0.2, -0.15) is 0 Å². The highest BCUT2D eigenvalue weighted by atomic mass is 15.0. The molecule has 3 heteroatoms. The Hall–Kier alpha value is -7.23. The monoisotopic (exact) mass is 699 g/mol. The second-order valence-corrected chi connectivity index (χ2v) is 14.3. The van der Waals surface area contributed by atoms with Crippen LogP contribution in [0.4, 0.5) is 0 Å². The van der Waals surface area contributed by atoms with Crippen molar-refractivity contribution in [2.75, 3.05) is 0 Å². The van der Waals surface area contributed by atoms with Gasteiger partial charge in [0.05, 0.1) is 5.41 Å². The molecule has 1 heterocycles. The van der Waals surface area contributed by atoms with E-state index in [-0.39, 0.29) is 5.41 Å². The van der Waals surface area contributed by atoms with Gasteiger partial charge in [0.15, 0.2) is 17.5 Å². The van der Waals surface area contributed by atoms with Crippen molar-refractivity contribution in [2.24, 2.45) is 0 Å². The molecule has 0 N–H and O–H groups in total. The van der Waals surface area contributed by atoms with Gasteiger partial charge < -0.3 is 0 Å². The van der Waals surface area contributed by atoms with E-state index >= 15 is 0 Å². The topological polar surface area (TPSA) is 38.7 Å². The molecule has 0 atom stereocenters. The third kappa shape index (κ3) is 4.87. The van der Waals surface area contributed by atoms with Crippen LogP contribution in [-0.2, 0) is 5.41 Å². The molecule has 0 aliphatic heterocycles. The zero-order valence-electron chi connectivity index (χ0n) is 29.9. The largest absolute Gasteiger partial charge is 0.208 e. The minimum atomic E-state index is -0.356. The zero-order valence-corrected chi connectivity index (χ0v) is 29.9. The number of benzene rings is 8. The first-order valence-electron chi connectivity index (χ1n) is 18.8. The van der Waals surface area contributed by atoms with E-state index in [1.165, 1.54) is 55.6 Å². The van der Waals surface area contributed by atoms with Gasteiger partial charge >= 0.3 is 0 Å². The van der Waals surface area contributed by atoms with E-state index in [4.69, 9.17) is 15.0 Å². The lowest BCUT2D eigenvalue weighted by molar-refractivity contribution is 0.794. The summed E-state index contributed by atoms with van der Waals surface area (Å²) >= 11 is 0. The van der Waals surface area contributed by atoms with E-state index in [0.29, 0.717) is 17.5 Å². The molecule has 0 unspecified atom stereocenters. The Kier molecular flexibility index (Phi) is 7.08. The van der Waals surface area contributed by atoms with Crippen LogP contribution in [0.5, 0.6) is 0 Å². The molecule has 8 aromatic carbocycles. The van der Waals surface area contributed by atoms with Crippen molar-refractivity contribution < 1.29 is 0 Å². The standard InChI is InChI=1S/C52H33N3/c1-3-14-36(15-4-1)49-53-50(37-16-5-2-6-17-37)55-51(54-49)40-19-13-18-38(32-40)34-26-28-35(29-27-34)39-30-31-44-43-22-9-12-25-47(43)52(48(44)33-39)45-23-10-7-20-41(45)42-21-8-11-24-46(42)52/h1-33H. The third-order valence-corrected chi connectivity index (χ3v) is 11.4. The van der Waals surface area contributed by atoms with Gasteiger partial charge in [-0.3, -0.25) is 0 Å². The number of rotatable bonds is 5. The van der Waals surface area contributed by atoms with Gasteiger partial charge in [-0.1, -0.05) is 188 Å². The molecule has 11 rings (SSSR count). The highest BCUT2D eigenvalue weighted by molar-refractivity contribution is 5.96. The van der Waals surface area contributed by atoms with Crippen LogP contribution >= 0.6 is 0 Å². The number of aromatic nitrogens is 3. The summed E-state index contributed by atoms with van der Waals surface area (Å²) in [5, 5.41) is 0. The summed E-state index contributed by atoms with van der Waals surface area (Å²) in [7, 11) is 0. The Morgan fingerprint density at radius 1 is 0.236 bits per heavy atom. The zero-order chi connectivity index (χ0) is 36.3. The van der Waals surface area contributed by atoms with Gasteiger partial charge in [0.2, 0.25) is 0 Å². The maximum absolute atomic E-state index is 4.97. The molecule has 1 spiro atoms. The molecule has 55 heavy (non-hydrogen) atoms. The number of fused-ring (bicyclic) bond motifs is 10. The smallest absolute Gasteiger partial charge is 0.164 e. The van der Waals surface area contributed by atoms with E-state index in [2.05, 4.69) is 140 Å². The summed E-state index contributed by atoms with van der Waals surface area (Å²) < 4.78 is 0. The van der Waals surface area contributed by atoms with Crippen LogP contribution in [0.1, 0.15) is 22.3 Å². The number of nitrogens with zero attached hydrogens (tertiary/aromatic N) is 3. The van der Waals surface area contributed by atoms with Crippen molar-refractivity contribution in [2.45, 2.75) is 5.41 Å². The first-order valence-corrected chi connectivity index (χ1v) is 18.8. The second-order valence-electron chi connectivity index (χ2n) is 14.3. The molecule has 0 radical (unpaired) electrons. The SMILES string of the molecule is c1ccc(-c2nc(-c3ccccc3)nc(-c3cccc(-c4ccc(-c5ccc6c(c5)C5(c7ccccc7-c7ccccc75)c5ccccc5-6)cc4)c3)n2)cc1. The van der Waals surface area contributed by atoms with Crippen molar-refractivity contribution in [3.8, 4) is 78.7 Å². The Morgan fingerprint density at radius 3 is 1.11 bits per heavy atom. The Balaban J connectivity index is 0.982. The van der Waals surface area contributed by atoms with E-state index in [1.54, 1.807) is 0 Å². The molecule has 0 bridgehead atoms. The molecule has 1 aromatic heterocycles. The first-order chi connectivity index (χ1) is 27.3. The molecule has 9 aromatic rings. The van der Waals surface area contributed by atoms with Crippen LogP contribution in [0, 0.1) is 0 Å². The summed E-state index contributed by atoms with van der Waals surface area (Å²) in [5.41, 5.74) is 17.8. The van der Waals surface area contributed by atoms with Crippen molar-refractivity contribution >= 4 is 0 Å². The van der Waals surface area contributed by atoms with Gasteiger partial charge in [-0.05, 0) is 78.9 Å². The Labute approximate surface area is 320 Å². The van der Waals surface area contributed by atoms with Gasteiger partial charge in [0.1, 0.15) is 0 Å². The summed E-state index contributed by atoms with van der Waals surface area (Å²) in [6, 6.07) is 71.6. The lowest BCUT2D eigenvalue weighted by atomic mass is 9.70. The van der Waals surface area contributed by atoms with Gasteiger partial charge in [-0.15, -0.1) is 0 Å². The molecule has 0 saturated heterocycles. The maximum Gasteiger partial charge on any atom is 0.164 e. The summed E-state index contributed by atoms with van der Waals surface area (Å²) in [6.07, 6.45) is 0. The fourth-order valence-electron chi connectivity index (χ4n) is 8.91. The predicted octanol–water partition coefficient (Wildman–Crippen LogP) is 12.6. The summed E-state index contributed by atoms with van der Waals surface area (Å²) in [5.74, 6) is 1.96. The van der Waals surface area contributed by atoms with Crippen LogP contribution < -0.4 is 0 Å². The molecule has 2 aliphatic rings. The van der Waals surface area contributed by atoms with Crippen LogP contribution in [0.2, 0.25) is 0 Å². The third-order valence-electron chi connectivity index (χ3n) is 11.4. The molecular weight excluding hydrogens is 667 g/mol. The van der Waals surface area contributed by atoms with Crippen LogP contribution in [0.15, 0.2) is 200 Å². The quantitative estimate of drug-likeness (QED) is 0.179. The van der Waals surface area contributed by atoms with E-state index in [9.17, 15) is 0 Å². The molecule has 0 fully saturated rings. The normalized spacial score (nSPS) is 12.9. The van der Waals surface area contributed by atoms with Crippen LogP contribution in [-0.4, -0.2) is 15.0 Å². The highest BCUT2D eigenvalue weighted by Crippen LogP contribution is 2.63. The maximum atomic E-state index is 4.97. The van der Waals surface area contributed by atoms with E-state index in [1.807, 2.05) is 60.7 Å². The van der Waals surface area contributed by atoms with Gasteiger partial charge in [-0.25, -0.2) is 15.0 Å². The lowest BCUT2D eigenvalue weighted by Gasteiger charge is -2.30. The van der Waals surface area contributed by atoms with Crippen molar-refractivity contribution in [1.82, 2.24) is 15.0 Å². The summed E-state index contributed by atoms with van der Waals surface area (Å²) in [4.78, 5) is 14.8. The van der Waals surface area contributed by atoms with Gasteiger partial charge in [0, 0.05) is 16.7 Å². The van der Waals surface area contributed by atoms with Crippen molar-refractivity contribution in [3.63, 3.8) is 0 Å². The minimum Gasteiger partial charge on any atom is -0.208 e. The molecular formula is C52H33N3.